The molecule has 0 bridgehead atoms. The number of hydrogen-bond acceptors (Lipinski definition) is 3. The summed E-state index contributed by atoms with van der Waals surface area (Å²) < 4.78 is 0. The quantitative estimate of drug-likeness (QED) is 0.835. The summed E-state index contributed by atoms with van der Waals surface area (Å²) in [4.78, 5) is 2.75. The van der Waals surface area contributed by atoms with Gasteiger partial charge in [0.1, 0.15) is 0 Å². The predicted octanol–water partition coefficient (Wildman–Crippen LogP) is 3.25. The number of thioether (sulfide) groups is 1. The molecule has 1 aliphatic heterocycles. The standard InChI is InChI=1S/C15H30N2S/c1-13-10-17(11-14(2)18-13)15(12-16)8-6-4-3-5-7-9-15/h13-14H,3-12,16H2,1-2H3. The first kappa shape index (κ1) is 14.7. The van der Waals surface area contributed by atoms with Gasteiger partial charge in [0, 0.05) is 35.7 Å². The Morgan fingerprint density at radius 3 is 2.00 bits per heavy atom. The Morgan fingerprint density at radius 1 is 1.00 bits per heavy atom. The molecule has 0 spiro atoms. The SMILES string of the molecule is CC1CN(C2(CN)CCCCCCC2)CC(C)S1. The summed E-state index contributed by atoms with van der Waals surface area (Å²) in [5.41, 5.74) is 6.56. The van der Waals surface area contributed by atoms with Crippen LogP contribution in [0.1, 0.15) is 58.8 Å². The van der Waals surface area contributed by atoms with E-state index in [2.05, 4.69) is 30.5 Å². The van der Waals surface area contributed by atoms with Gasteiger partial charge in [0.2, 0.25) is 0 Å². The van der Waals surface area contributed by atoms with Crippen LogP contribution in [0, 0.1) is 0 Å². The van der Waals surface area contributed by atoms with Crippen LogP contribution >= 0.6 is 11.8 Å². The van der Waals surface area contributed by atoms with Crippen LogP contribution < -0.4 is 5.73 Å². The molecule has 0 amide bonds. The minimum Gasteiger partial charge on any atom is -0.329 e. The van der Waals surface area contributed by atoms with Crippen LogP contribution in [-0.4, -0.2) is 40.6 Å². The van der Waals surface area contributed by atoms with E-state index in [4.69, 9.17) is 5.73 Å². The third kappa shape index (κ3) is 3.43. The normalized spacial score (nSPS) is 34.8. The van der Waals surface area contributed by atoms with E-state index in [0.29, 0.717) is 5.54 Å². The molecule has 2 aliphatic rings. The van der Waals surface area contributed by atoms with E-state index in [0.717, 1.165) is 17.0 Å². The van der Waals surface area contributed by atoms with Gasteiger partial charge in [-0.1, -0.05) is 46.0 Å². The highest BCUT2D eigenvalue weighted by molar-refractivity contribution is 8.00. The summed E-state index contributed by atoms with van der Waals surface area (Å²) in [6.07, 6.45) is 9.67. The van der Waals surface area contributed by atoms with Crippen LogP contribution in [-0.2, 0) is 0 Å². The molecule has 1 aliphatic carbocycles. The molecule has 2 rings (SSSR count). The number of nitrogens with zero attached hydrogens (tertiary/aromatic N) is 1. The van der Waals surface area contributed by atoms with E-state index < -0.39 is 0 Å². The van der Waals surface area contributed by atoms with E-state index in [1.807, 2.05) is 0 Å². The van der Waals surface area contributed by atoms with Crippen molar-refractivity contribution in [3.8, 4) is 0 Å². The largest absolute Gasteiger partial charge is 0.329 e. The third-order valence-corrected chi connectivity index (χ3v) is 5.98. The summed E-state index contributed by atoms with van der Waals surface area (Å²) in [5.74, 6) is 0. The molecule has 0 aromatic carbocycles. The fourth-order valence-electron chi connectivity index (χ4n) is 3.78. The molecule has 18 heavy (non-hydrogen) atoms. The van der Waals surface area contributed by atoms with Crippen molar-refractivity contribution in [2.24, 2.45) is 5.73 Å². The number of nitrogens with two attached hydrogens (primary N) is 1. The van der Waals surface area contributed by atoms with Crippen molar-refractivity contribution in [1.29, 1.82) is 0 Å². The van der Waals surface area contributed by atoms with E-state index in [9.17, 15) is 0 Å². The Kier molecular flexibility index (Phi) is 5.40. The summed E-state index contributed by atoms with van der Waals surface area (Å²) in [6, 6.07) is 0. The lowest BCUT2D eigenvalue weighted by Crippen LogP contribution is -2.59. The van der Waals surface area contributed by atoms with Crippen LogP contribution in [0.4, 0.5) is 0 Å². The maximum Gasteiger partial charge on any atom is 0.0332 e. The lowest BCUT2D eigenvalue weighted by molar-refractivity contribution is 0.0651. The first-order valence-electron chi connectivity index (χ1n) is 7.77. The Morgan fingerprint density at radius 2 is 1.50 bits per heavy atom. The Balaban J connectivity index is 2.08. The van der Waals surface area contributed by atoms with Crippen LogP contribution in [0.2, 0.25) is 0 Å². The van der Waals surface area contributed by atoms with Gasteiger partial charge in [-0.3, -0.25) is 4.90 Å². The molecule has 2 fully saturated rings. The molecule has 2 N–H and O–H groups in total. The second-order valence-corrected chi connectivity index (χ2v) is 8.24. The highest BCUT2D eigenvalue weighted by Gasteiger charge is 2.38. The van der Waals surface area contributed by atoms with Crippen molar-refractivity contribution in [3.05, 3.63) is 0 Å². The van der Waals surface area contributed by atoms with Crippen molar-refractivity contribution in [3.63, 3.8) is 0 Å². The van der Waals surface area contributed by atoms with Crippen LogP contribution in [0.3, 0.4) is 0 Å². The molecule has 3 heteroatoms. The van der Waals surface area contributed by atoms with Gasteiger partial charge in [-0.2, -0.15) is 11.8 Å². The van der Waals surface area contributed by atoms with Gasteiger partial charge in [0.25, 0.3) is 0 Å². The Labute approximate surface area is 117 Å². The monoisotopic (exact) mass is 270 g/mol. The highest BCUT2D eigenvalue weighted by Crippen LogP contribution is 2.36. The van der Waals surface area contributed by atoms with Crippen molar-refractivity contribution in [2.75, 3.05) is 19.6 Å². The maximum absolute atomic E-state index is 6.23. The van der Waals surface area contributed by atoms with Gasteiger partial charge in [-0.05, 0) is 12.8 Å². The summed E-state index contributed by atoms with van der Waals surface area (Å²) >= 11 is 2.14. The molecular formula is C15H30N2S. The fraction of sp³-hybridized carbons (Fsp3) is 1.00. The van der Waals surface area contributed by atoms with Crippen molar-refractivity contribution in [2.45, 2.75) is 74.8 Å². The molecule has 1 heterocycles. The van der Waals surface area contributed by atoms with E-state index in [1.165, 1.54) is 58.0 Å². The second-order valence-electron chi connectivity index (χ2n) is 6.36. The molecule has 0 aromatic rings. The zero-order valence-electron chi connectivity index (χ0n) is 12.2. The number of hydrogen-bond donors (Lipinski definition) is 1. The molecule has 1 saturated heterocycles. The molecule has 2 nitrogen and oxygen atoms in total. The van der Waals surface area contributed by atoms with Gasteiger partial charge in [0.15, 0.2) is 0 Å². The molecule has 2 unspecified atom stereocenters. The zero-order valence-corrected chi connectivity index (χ0v) is 13.0. The first-order valence-corrected chi connectivity index (χ1v) is 8.71. The average molecular weight is 270 g/mol. The molecule has 106 valence electrons. The molecule has 2 atom stereocenters. The summed E-state index contributed by atoms with van der Waals surface area (Å²) in [7, 11) is 0. The zero-order chi connectivity index (χ0) is 13.0. The molecule has 0 aromatic heterocycles. The third-order valence-electron chi connectivity index (χ3n) is 4.75. The van der Waals surface area contributed by atoms with Crippen LogP contribution in [0.25, 0.3) is 0 Å². The molecular weight excluding hydrogens is 240 g/mol. The van der Waals surface area contributed by atoms with Crippen molar-refractivity contribution >= 4 is 11.8 Å². The summed E-state index contributed by atoms with van der Waals surface area (Å²) in [6.45, 7) is 8.09. The fourth-order valence-corrected chi connectivity index (χ4v) is 5.10. The molecule has 1 saturated carbocycles. The smallest absolute Gasteiger partial charge is 0.0332 e. The lowest BCUT2D eigenvalue weighted by atomic mass is 9.82. The van der Waals surface area contributed by atoms with Crippen molar-refractivity contribution < 1.29 is 0 Å². The lowest BCUT2D eigenvalue weighted by Gasteiger charge is -2.49. The van der Waals surface area contributed by atoms with Gasteiger partial charge < -0.3 is 5.73 Å². The summed E-state index contributed by atoms with van der Waals surface area (Å²) in [5, 5.41) is 1.53. The van der Waals surface area contributed by atoms with Gasteiger partial charge >= 0.3 is 0 Å². The maximum atomic E-state index is 6.23. The van der Waals surface area contributed by atoms with E-state index in [1.54, 1.807) is 0 Å². The Bertz CT molecular complexity index is 239. The van der Waals surface area contributed by atoms with Crippen LogP contribution in [0.15, 0.2) is 0 Å². The van der Waals surface area contributed by atoms with Crippen LogP contribution in [0.5, 0.6) is 0 Å². The average Bonchev–Trinajstić information content (AvgIpc) is 2.28. The van der Waals surface area contributed by atoms with E-state index >= 15 is 0 Å². The minimum absolute atomic E-state index is 0.323. The first-order chi connectivity index (χ1) is 8.66. The van der Waals surface area contributed by atoms with Crippen molar-refractivity contribution in [1.82, 2.24) is 4.90 Å². The topological polar surface area (TPSA) is 29.3 Å². The highest BCUT2D eigenvalue weighted by atomic mass is 32.2. The number of rotatable bonds is 2. The Hall–Kier alpha value is 0.270. The van der Waals surface area contributed by atoms with Gasteiger partial charge in [-0.15, -0.1) is 0 Å². The van der Waals surface area contributed by atoms with E-state index in [-0.39, 0.29) is 0 Å². The van der Waals surface area contributed by atoms with Gasteiger partial charge in [-0.25, -0.2) is 0 Å². The predicted molar refractivity (Wildman–Crippen MR) is 82.2 cm³/mol. The minimum atomic E-state index is 0.323. The molecule has 0 radical (unpaired) electrons. The second kappa shape index (κ2) is 6.62. The van der Waals surface area contributed by atoms with Gasteiger partial charge in [0.05, 0.1) is 0 Å².